The third-order valence-electron chi connectivity index (χ3n) is 3.01. The molecule has 0 aromatic heterocycles. The Morgan fingerprint density at radius 3 is 2.63 bits per heavy atom. The van der Waals surface area contributed by atoms with Gasteiger partial charge in [0.25, 0.3) is 0 Å². The summed E-state index contributed by atoms with van der Waals surface area (Å²) in [5, 5.41) is 11.4. The van der Waals surface area contributed by atoms with Crippen LogP contribution in [0.25, 0.3) is 0 Å². The lowest BCUT2D eigenvalue weighted by atomic mass is 10.3. The largest absolute Gasteiger partial charge is 0.481 e. The fourth-order valence-corrected chi connectivity index (χ4v) is 1.90. The molecule has 1 saturated heterocycles. The molecule has 0 bridgehead atoms. The zero-order valence-electron chi connectivity index (χ0n) is 11.6. The van der Waals surface area contributed by atoms with Crippen molar-refractivity contribution < 1.29 is 19.4 Å². The summed E-state index contributed by atoms with van der Waals surface area (Å²) in [6.07, 6.45) is -0.0399. The zero-order chi connectivity index (χ0) is 14.3. The summed E-state index contributed by atoms with van der Waals surface area (Å²) in [6, 6.07) is -0.208. The van der Waals surface area contributed by atoms with E-state index in [1.807, 2.05) is 6.92 Å². The minimum atomic E-state index is -0.902. The number of ether oxygens (including phenoxy) is 1. The molecule has 0 saturated carbocycles. The average Bonchev–Trinajstić information content (AvgIpc) is 2.36. The first kappa shape index (κ1) is 15.7. The smallest absolute Gasteiger partial charge is 0.317 e. The van der Waals surface area contributed by atoms with Crippen molar-refractivity contribution in [1.82, 2.24) is 15.1 Å². The van der Waals surface area contributed by atoms with Crippen LogP contribution in [-0.4, -0.2) is 79.4 Å². The van der Waals surface area contributed by atoms with E-state index < -0.39 is 5.97 Å². The van der Waals surface area contributed by atoms with Crippen LogP contribution < -0.4 is 5.32 Å². The monoisotopic (exact) mass is 273 g/mol. The van der Waals surface area contributed by atoms with Gasteiger partial charge in [-0.1, -0.05) is 0 Å². The number of nitrogens with one attached hydrogen (secondary N) is 1. The molecule has 0 aromatic carbocycles. The van der Waals surface area contributed by atoms with E-state index in [9.17, 15) is 9.59 Å². The Labute approximate surface area is 113 Å². The van der Waals surface area contributed by atoms with Crippen LogP contribution >= 0.6 is 0 Å². The van der Waals surface area contributed by atoms with Crippen molar-refractivity contribution >= 4 is 12.0 Å². The van der Waals surface area contributed by atoms with E-state index >= 15 is 0 Å². The number of carboxylic acid groups (broad SMARTS) is 1. The molecule has 0 aliphatic carbocycles. The third kappa shape index (κ3) is 6.40. The van der Waals surface area contributed by atoms with Crippen LogP contribution in [0.1, 0.15) is 13.3 Å². The number of hydrogen-bond donors (Lipinski definition) is 2. The molecule has 1 rings (SSSR count). The second kappa shape index (κ2) is 7.96. The molecule has 2 N–H and O–H groups in total. The molecule has 1 aliphatic rings. The number of urea groups is 1. The number of morpholine rings is 1. The Kier molecular flexibility index (Phi) is 6.58. The number of carbonyl (C=O) groups excluding carboxylic acids is 1. The van der Waals surface area contributed by atoms with Crippen molar-refractivity contribution in [2.75, 3.05) is 46.4 Å². The Bertz CT molecular complexity index is 305. The summed E-state index contributed by atoms with van der Waals surface area (Å²) in [5.41, 5.74) is 0. The summed E-state index contributed by atoms with van der Waals surface area (Å²) >= 11 is 0. The van der Waals surface area contributed by atoms with Crippen molar-refractivity contribution in [2.24, 2.45) is 0 Å². The van der Waals surface area contributed by atoms with Crippen molar-refractivity contribution in [2.45, 2.75) is 19.4 Å². The highest BCUT2D eigenvalue weighted by molar-refractivity contribution is 5.75. The fourth-order valence-electron chi connectivity index (χ4n) is 1.90. The minimum absolute atomic E-state index is 0.0258. The highest BCUT2D eigenvalue weighted by atomic mass is 16.5. The Hall–Kier alpha value is -1.34. The lowest BCUT2D eigenvalue weighted by Crippen LogP contribution is -2.49. The van der Waals surface area contributed by atoms with Crippen molar-refractivity contribution in [3.63, 3.8) is 0 Å². The van der Waals surface area contributed by atoms with E-state index in [1.165, 1.54) is 4.90 Å². The van der Waals surface area contributed by atoms with Crippen LogP contribution in [0.3, 0.4) is 0 Å². The SMILES string of the molecule is CC(CN1CCOCC1)NC(=O)N(C)CCC(=O)O. The minimum Gasteiger partial charge on any atom is -0.481 e. The van der Waals surface area contributed by atoms with Gasteiger partial charge in [-0.2, -0.15) is 0 Å². The normalized spacial score (nSPS) is 17.8. The standard InChI is InChI=1S/C12H23N3O4/c1-10(9-15-5-7-19-8-6-15)13-12(18)14(2)4-3-11(16)17/h10H,3-9H2,1-2H3,(H,13,18)(H,16,17). The van der Waals surface area contributed by atoms with Gasteiger partial charge in [-0.3, -0.25) is 9.69 Å². The molecule has 1 aliphatic heterocycles. The van der Waals surface area contributed by atoms with Gasteiger partial charge in [0.1, 0.15) is 0 Å². The molecule has 7 heteroatoms. The molecule has 1 unspecified atom stereocenters. The molecule has 110 valence electrons. The van der Waals surface area contributed by atoms with Crippen LogP contribution in [0, 0.1) is 0 Å². The number of nitrogens with zero attached hydrogens (tertiary/aromatic N) is 2. The van der Waals surface area contributed by atoms with Gasteiger partial charge >= 0.3 is 12.0 Å². The van der Waals surface area contributed by atoms with E-state index in [0.29, 0.717) is 0 Å². The number of aliphatic carboxylic acids is 1. The molecular formula is C12H23N3O4. The topological polar surface area (TPSA) is 82.1 Å². The second-order valence-corrected chi connectivity index (χ2v) is 4.83. The lowest BCUT2D eigenvalue weighted by Gasteiger charge is -2.30. The van der Waals surface area contributed by atoms with E-state index in [4.69, 9.17) is 9.84 Å². The van der Waals surface area contributed by atoms with Crippen LogP contribution in [0.15, 0.2) is 0 Å². The third-order valence-corrected chi connectivity index (χ3v) is 3.01. The predicted octanol–water partition coefficient (Wildman–Crippen LogP) is -0.177. The van der Waals surface area contributed by atoms with Crippen molar-refractivity contribution in [1.29, 1.82) is 0 Å². The molecule has 1 fully saturated rings. The molecular weight excluding hydrogens is 250 g/mol. The van der Waals surface area contributed by atoms with Gasteiger partial charge in [0.15, 0.2) is 0 Å². The molecule has 1 atom stereocenters. The van der Waals surface area contributed by atoms with Gasteiger partial charge in [-0.05, 0) is 6.92 Å². The Morgan fingerprint density at radius 1 is 1.42 bits per heavy atom. The molecule has 1 heterocycles. The van der Waals surface area contributed by atoms with Gasteiger partial charge in [-0.15, -0.1) is 0 Å². The van der Waals surface area contributed by atoms with Gasteiger partial charge < -0.3 is 20.1 Å². The van der Waals surface area contributed by atoms with Crippen molar-refractivity contribution in [3.8, 4) is 0 Å². The first-order valence-corrected chi connectivity index (χ1v) is 6.52. The summed E-state index contributed by atoms with van der Waals surface area (Å²) in [4.78, 5) is 25.9. The summed E-state index contributed by atoms with van der Waals surface area (Å²) in [5.74, 6) is -0.902. The van der Waals surface area contributed by atoms with Gasteiger partial charge in [0, 0.05) is 39.3 Å². The highest BCUT2D eigenvalue weighted by Gasteiger charge is 2.17. The number of carbonyl (C=O) groups is 2. The van der Waals surface area contributed by atoms with Gasteiger partial charge in [0.2, 0.25) is 0 Å². The fraction of sp³-hybridized carbons (Fsp3) is 0.833. The van der Waals surface area contributed by atoms with E-state index in [1.54, 1.807) is 7.05 Å². The molecule has 7 nitrogen and oxygen atoms in total. The van der Waals surface area contributed by atoms with Crippen molar-refractivity contribution in [3.05, 3.63) is 0 Å². The van der Waals surface area contributed by atoms with E-state index in [0.717, 1.165) is 32.8 Å². The zero-order valence-corrected chi connectivity index (χ0v) is 11.6. The predicted molar refractivity (Wildman–Crippen MR) is 70.1 cm³/mol. The number of rotatable bonds is 6. The number of carboxylic acids is 1. The van der Waals surface area contributed by atoms with Crippen LogP contribution in [0.2, 0.25) is 0 Å². The molecule has 2 amide bonds. The van der Waals surface area contributed by atoms with Gasteiger partial charge in [0.05, 0.1) is 19.6 Å². The molecule has 19 heavy (non-hydrogen) atoms. The highest BCUT2D eigenvalue weighted by Crippen LogP contribution is 1.99. The number of amides is 2. The first-order valence-electron chi connectivity index (χ1n) is 6.52. The maximum absolute atomic E-state index is 11.8. The lowest BCUT2D eigenvalue weighted by molar-refractivity contribution is -0.137. The van der Waals surface area contributed by atoms with E-state index in [2.05, 4.69) is 10.2 Å². The van der Waals surface area contributed by atoms with E-state index in [-0.39, 0.29) is 25.0 Å². The average molecular weight is 273 g/mol. The second-order valence-electron chi connectivity index (χ2n) is 4.83. The maximum atomic E-state index is 11.8. The first-order chi connectivity index (χ1) is 8.99. The Balaban J connectivity index is 2.24. The maximum Gasteiger partial charge on any atom is 0.317 e. The van der Waals surface area contributed by atoms with Crippen LogP contribution in [0.5, 0.6) is 0 Å². The number of hydrogen-bond acceptors (Lipinski definition) is 4. The van der Waals surface area contributed by atoms with Crippen LogP contribution in [0.4, 0.5) is 4.79 Å². The molecule has 0 aromatic rings. The molecule has 0 radical (unpaired) electrons. The quantitative estimate of drug-likeness (QED) is 0.702. The van der Waals surface area contributed by atoms with Gasteiger partial charge in [-0.25, -0.2) is 4.79 Å². The van der Waals surface area contributed by atoms with Crippen LogP contribution in [-0.2, 0) is 9.53 Å². The summed E-state index contributed by atoms with van der Waals surface area (Å²) < 4.78 is 5.26. The Morgan fingerprint density at radius 2 is 2.05 bits per heavy atom. The molecule has 0 spiro atoms. The summed E-state index contributed by atoms with van der Waals surface area (Å²) in [7, 11) is 1.60. The summed E-state index contributed by atoms with van der Waals surface area (Å²) in [6.45, 7) is 6.17.